The van der Waals surface area contributed by atoms with Gasteiger partial charge in [-0.25, -0.2) is 4.99 Å². The summed E-state index contributed by atoms with van der Waals surface area (Å²) < 4.78 is 5.62. The van der Waals surface area contributed by atoms with Crippen molar-refractivity contribution >= 4 is 34.9 Å². The molecule has 4 N–H and O–H groups in total. The molecular formula is C30H35N7O2. The van der Waals surface area contributed by atoms with Crippen molar-refractivity contribution in [3.63, 3.8) is 0 Å². The zero-order valence-corrected chi connectivity index (χ0v) is 22.6. The third kappa shape index (κ3) is 6.50. The maximum Gasteiger partial charge on any atom is 0.291 e. The van der Waals surface area contributed by atoms with Gasteiger partial charge in [-0.2, -0.15) is 4.99 Å². The zero-order chi connectivity index (χ0) is 27.8. The molecule has 2 aliphatic heterocycles. The number of carbonyl (C=O) groups is 1. The predicted octanol–water partition coefficient (Wildman–Crippen LogP) is 3.94. The molecule has 0 aliphatic carbocycles. The number of nitrogens with one attached hydrogen (secondary N) is 2. The average Bonchev–Trinajstić information content (AvgIpc) is 3.11. The van der Waals surface area contributed by atoms with E-state index in [4.69, 9.17) is 15.9 Å². The summed E-state index contributed by atoms with van der Waals surface area (Å²) in [6.45, 7) is 7.58. The average molecular weight is 526 g/mol. The van der Waals surface area contributed by atoms with Crippen LogP contribution in [0.25, 0.3) is 0 Å². The van der Waals surface area contributed by atoms with Gasteiger partial charge in [0, 0.05) is 43.0 Å². The Kier molecular flexibility index (Phi) is 9.06. The minimum atomic E-state index is -1.18. The number of aliphatic imine (C=N–C) groups is 2. The summed E-state index contributed by atoms with van der Waals surface area (Å²) in [6.07, 6.45) is -1.18. The highest BCUT2D eigenvalue weighted by atomic mass is 16.5. The molecule has 9 nitrogen and oxygen atoms in total. The predicted molar refractivity (Wildman–Crippen MR) is 158 cm³/mol. The zero-order valence-electron chi connectivity index (χ0n) is 22.6. The molecule has 1 atom stereocenters. The third-order valence-electron chi connectivity index (χ3n) is 6.42. The number of hydrogen-bond donors (Lipinski definition) is 3. The van der Waals surface area contributed by atoms with Gasteiger partial charge in [0.1, 0.15) is 0 Å². The molecule has 39 heavy (non-hydrogen) atoms. The fourth-order valence-electron chi connectivity index (χ4n) is 4.46. The van der Waals surface area contributed by atoms with Crippen molar-refractivity contribution in [1.29, 1.82) is 5.41 Å². The number of hydrogen-bond acceptors (Lipinski definition) is 7. The lowest BCUT2D eigenvalue weighted by Crippen LogP contribution is -2.45. The number of nitrogens with zero attached hydrogens (tertiary/aromatic N) is 4. The quantitative estimate of drug-likeness (QED) is 0.352. The lowest BCUT2D eigenvalue weighted by atomic mass is 10.0. The largest absolute Gasteiger partial charge is 0.407 e. The minimum Gasteiger partial charge on any atom is -0.407 e. The molecule has 1 fully saturated rings. The van der Waals surface area contributed by atoms with Gasteiger partial charge in [0.05, 0.1) is 17.0 Å². The number of fused-ring (bicyclic) bond motifs is 1. The van der Waals surface area contributed by atoms with Crippen molar-refractivity contribution in [3.05, 3.63) is 95.6 Å². The molecule has 202 valence electrons. The van der Waals surface area contributed by atoms with E-state index in [0.717, 1.165) is 43.0 Å². The van der Waals surface area contributed by atoms with E-state index >= 15 is 0 Å². The Balaban J connectivity index is 0.00000172. The summed E-state index contributed by atoms with van der Waals surface area (Å²) in [5.41, 5.74) is 10.5. The third-order valence-corrected chi connectivity index (χ3v) is 6.42. The summed E-state index contributed by atoms with van der Waals surface area (Å²) in [7, 11) is 2.10. The van der Waals surface area contributed by atoms with Crippen LogP contribution in [0.2, 0.25) is 0 Å². The first kappa shape index (κ1) is 27.5. The lowest BCUT2D eigenvalue weighted by molar-refractivity contribution is -0.117. The Labute approximate surface area is 229 Å². The van der Waals surface area contributed by atoms with Gasteiger partial charge < -0.3 is 25.6 Å². The number of rotatable bonds is 4. The van der Waals surface area contributed by atoms with Crippen LogP contribution < -0.4 is 16.0 Å². The van der Waals surface area contributed by atoms with Gasteiger partial charge in [0.15, 0.2) is 0 Å². The highest BCUT2D eigenvalue weighted by Crippen LogP contribution is 2.25. The van der Waals surface area contributed by atoms with Crippen LogP contribution in [0.1, 0.15) is 30.5 Å². The molecule has 0 aromatic heterocycles. The van der Waals surface area contributed by atoms with Crippen molar-refractivity contribution in [2.24, 2.45) is 15.7 Å². The first-order valence-electron chi connectivity index (χ1n) is 13.2. The maximum absolute atomic E-state index is 13.0. The van der Waals surface area contributed by atoms with Crippen LogP contribution in [-0.4, -0.2) is 67.8 Å². The van der Waals surface area contributed by atoms with Gasteiger partial charge in [-0.05, 0) is 25.2 Å². The summed E-state index contributed by atoms with van der Waals surface area (Å²) in [5.74, 6) is -0.574. The highest BCUT2D eigenvalue weighted by Gasteiger charge is 2.26. The fraction of sp³-hybridized carbons (Fsp3) is 0.267. The lowest BCUT2D eigenvalue weighted by Gasteiger charge is -2.35. The van der Waals surface area contributed by atoms with Crippen molar-refractivity contribution in [3.8, 4) is 0 Å². The normalized spacial score (nSPS) is 17.6. The number of ether oxygens (including phenoxy) is 1. The molecule has 2 heterocycles. The number of piperazine rings is 1. The SMILES string of the molecule is CC.CN1CCN(c2ccccc2C(=N)O/C(N)=N/C2N=C(c3ccccc3)c3ccccc3NC2=O)CC1. The molecule has 9 heteroatoms. The first-order valence-corrected chi connectivity index (χ1v) is 13.2. The van der Waals surface area contributed by atoms with Gasteiger partial charge >= 0.3 is 0 Å². The molecule has 0 radical (unpaired) electrons. The second kappa shape index (κ2) is 12.8. The van der Waals surface area contributed by atoms with E-state index in [-0.39, 0.29) is 11.9 Å². The van der Waals surface area contributed by atoms with Gasteiger partial charge in [-0.15, -0.1) is 0 Å². The highest BCUT2D eigenvalue weighted by molar-refractivity contribution is 6.19. The molecular weight excluding hydrogens is 490 g/mol. The Hall–Kier alpha value is -4.50. The van der Waals surface area contributed by atoms with Crippen molar-refractivity contribution in [2.45, 2.75) is 20.0 Å². The van der Waals surface area contributed by atoms with Crippen LogP contribution in [0.4, 0.5) is 11.4 Å². The number of para-hydroxylation sites is 2. The van der Waals surface area contributed by atoms with Gasteiger partial charge in [-0.3, -0.25) is 10.2 Å². The van der Waals surface area contributed by atoms with Gasteiger partial charge in [-0.1, -0.05) is 74.5 Å². The second-order valence-electron chi connectivity index (χ2n) is 8.96. The number of benzene rings is 3. The molecule has 0 bridgehead atoms. The molecule has 1 amide bonds. The molecule has 2 aliphatic rings. The van der Waals surface area contributed by atoms with E-state index in [1.165, 1.54) is 0 Å². The molecule has 0 saturated carbocycles. The number of nitrogens with two attached hydrogens (primary N) is 1. The maximum atomic E-state index is 13.0. The van der Waals surface area contributed by atoms with E-state index in [9.17, 15) is 4.79 Å². The number of amides is 1. The second-order valence-corrected chi connectivity index (χ2v) is 8.96. The van der Waals surface area contributed by atoms with E-state index in [0.29, 0.717) is 17.0 Å². The van der Waals surface area contributed by atoms with Gasteiger partial charge in [0.25, 0.3) is 11.9 Å². The fourth-order valence-corrected chi connectivity index (χ4v) is 4.46. The molecule has 1 saturated heterocycles. The number of amidine groups is 1. The number of likely N-dealkylation sites (N-methyl/N-ethyl adjacent to an activating group) is 1. The van der Waals surface area contributed by atoms with Crippen LogP contribution in [0.15, 0.2) is 88.8 Å². The van der Waals surface area contributed by atoms with Crippen molar-refractivity contribution in [1.82, 2.24) is 4.90 Å². The van der Waals surface area contributed by atoms with Crippen molar-refractivity contribution in [2.75, 3.05) is 43.4 Å². The van der Waals surface area contributed by atoms with E-state index in [1.807, 2.05) is 92.7 Å². The Morgan fingerprint density at radius 3 is 2.36 bits per heavy atom. The van der Waals surface area contributed by atoms with E-state index < -0.39 is 12.1 Å². The Morgan fingerprint density at radius 1 is 0.974 bits per heavy atom. The molecule has 3 aromatic carbocycles. The standard InChI is InChI=1S/C28H29N7O2.C2H6/c1-34-15-17-35(18-16-34)23-14-8-6-12-21(23)25(29)37-28(30)33-26-27(36)31-22-13-7-5-11-20(22)24(32-26)19-9-3-2-4-10-19;1-2/h2-14,26,29H,15-18H2,1H3,(H2,30,33)(H,31,36);1-2H3. The van der Waals surface area contributed by atoms with Gasteiger partial charge in [0.2, 0.25) is 12.1 Å². The van der Waals surface area contributed by atoms with Crippen LogP contribution in [-0.2, 0) is 9.53 Å². The summed E-state index contributed by atoms with van der Waals surface area (Å²) >= 11 is 0. The molecule has 1 unspecified atom stereocenters. The number of anilines is 2. The summed E-state index contributed by atoms with van der Waals surface area (Å²) in [5, 5.41) is 11.5. The van der Waals surface area contributed by atoms with Crippen LogP contribution in [0.3, 0.4) is 0 Å². The van der Waals surface area contributed by atoms with E-state index in [1.54, 1.807) is 0 Å². The Morgan fingerprint density at radius 2 is 1.62 bits per heavy atom. The number of benzodiazepines with no additional fused rings is 1. The van der Waals surface area contributed by atoms with Crippen LogP contribution in [0.5, 0.6) is 0 Å². The van der Waals surface area contributed by atoms with E-state index in [2.05, 4.69) is 32.1 Å². The molecule has 0 spiro atoms. The van der Waals surface area contributed by atoms with Crippen LogP contribution in [0, 0.1) is 5.41 Å². The first-order chi connectivity index (χ1) is 19.0. The van der Waals surface area contributed by atoms with Crippen molar-refractivity contribution < 1.29 is 9.53 Å². The Bertz CT molecular complexity index is 1360. The smallest absolute Gasteiger partial charge is 0.291 e. The van der Waals surface area contributed by atoms with Crippen LogP contribution >= 0.6 is 0 Å². The molecule has 5 rings (SSSR count). The minimum absolute atomic E-state index is 0.139. The number of carbonyl (C=O) groups excluding carboxylic acids is 1. The topological polar surface area (TPSA) is 119 Å². The monoisotopic (exact) mass is 525 g/mol. The summed E-state index contributed by atoms with van der Waals surface area (Å²) in [4.78, 5) is 26.5. The summed E-state index contributed by atoms with van der Waals surface area (Å²) in [6, 6.07) is 24.3. The molecule has 3 aromatic rings.